The molecular formula is C25H33ClNO5P. The first kappa shape index (κ1) is 25.9. The van der Waals surface area contributed by atoms with E-state index in [0.717, 1.165) is 24.1 Å². The number of aromatic nitrogens is 1. The third kappa shape index (κ3) is 6.24. The van der Waals surface area contributed by atoms with Crippen LogP contribution in [0.1, 0.15) is 64.4 Å². The molecule has 0 N–H and O–H groups in total. The summed E-state index contributed by atoms with van der Waals surface area (Å²) in [7, 11) is -3.77. The molecular weight excluding hydrogens is 461 g/mol. The SMILES string of the molecule is CCOP(=O)(OCC)C(Cc1cccc(C2(c3ccc(Cl)cc3)CC2)n1)C(=O)OC(C)(C)C. The van der Waals surface area contributed by atoms with Crippen molar-refractivity contribution in [2.45, 2.75) is 70.6 Å². The van der Waals surface area contributed by atoms with Gasteiger partial charge in [-0.05, 0) is 77.3 Å². The van der Waals surface area contributed by atoms with Crippen molar-refractivity contribution in [2.75, 3.05) is 13.2 Å². The first-order chi connectivity index (χ1) is 15.5. The summed E-state index contributed by atoms with van der Waals surface area (Å²) in [6.07, 6.45) is 2.06. The van der Waals surface area contributed by atoms with E-state index in [-0.39, 0.29) is 25.0 Å². The number of hydrogen-bond donors (Lipinski definition) is 0. The zero-order chi connectivity index (χ0) is 24.3. The zero-order valence-corrected chi connectivity index (χ0v) is 21.6. The number of hydrogen-bond acceptors (Lipinski definition) is 6. The second-order valence-electron chi connectivity index (χ2n) is 9.23. The molecule has 0 aliphatic heterocycles. The lowest BCUT2D eigenvalue weighted by molar-refractivity contribution is -0.154. The van der Waals surface area contributed by atoms with E-state index in [9.17, 15) is 9.36 Å². The van der Waals surface area contributed by atoms with E-state index < -0.39 is 24.8 Å². The molecule has 1 heterocycles. The summed E-state index contributed by atoms with van der Waals surface area (Å²) in [6, 6.07) is 13.6. The van der Waals surface area contributed by atoms with Crippen molar-refractivity contribution in [3.05, 3.63) is 64.4 Å². The van der Waals surface area contributed by atoms with E-state index in [1.165, 1.54) is 0 Å². The second kappa shape index (κ2) is 10.3. The molecule has 1 unspecified atom stereocenters. The fraction of sp³-hybridized carbons (Fsp3) is 0.520. The van der Waals surface area contributed by atoms with Crippen LogP contribution in [0.25, 0.3) is 0 Å². The average Bonchev–Trinajstić information content (AvgIpc) is 3.54. The van der Waals surface area contributed by atoms with Crippen molar-refractivity contribution >= 4 is 25.2 Å². The Morgan fingerprint density at radius 2 is 1.70 bits per heavy atom. The van der Waals surface area contributed by atoms with Gasteiger partial charge in [-0.25, -0.2) is 0 Å². The van der Waals surface area contributed by atoms with E-state index in [1.54, 1.807) is 34.6 Å². The van der Waals surface area contributed by atoms with Gasteiger partial charge in [-0.15, -0.1) is 0 Å². The molecule has 0 bridgehead atoms. The molecule has 180 valence electrons. The number of esters is 1. The molecule has 1 atom stereocenters. The second-order valence-corrected chi connectivity index (χ2v) is 11.9. The molecule has 8 heteroatoms. The lowest BCUT2D eigenvalue weighted by Crippen LogP contribution is -2.34. The molecule has 6 nitrogen and oxygen atoms in total. The van der Waals surface area contributed by atoms with E-state index in [2.05, 4.69) is 0 Å². The van der Waals surface area contributed by atoms with Gasteiger partial charge in [-0.3, -0.25) is 14.3 Å². The first-order valence-electron chi connectivity index (χ1n) is 11.4. The third-order valence-corrected chi connectivity index (χ3v) is 8.17. The number of pyridine rings is 1. The van der Waals surface area contributed by atoms with Crippen molar-refractivity contribution in [1.29, 1.82) is 0 Å². The summed E-state index contributed by atoms with van der Waals surface area (Å²) in [5.74, 6) is -0.612. The van der Waals surface area contributed by atoms with Crippen LogP contribution < -0.4 is 0 Å². The predicted octanol–water partition coefficient (Wildman–Crippen LogP) is 6.33. The van der Waals surface area contributed by atoms with Gasteiger partial charge < -0.3 is 13.8 Å². The van der Waals surface area contributed by atoms with Gasteiger partial charge in [0.25, 0.3) is 0 Å². The molecule has 1 aliphatic rings. The van der Waals surface area contributed by atoms with Gasteiger partial charge in [0, 0.05) is 22.6 Å². The maximum absolute atomic E-state index is 13.6. The van der Waals surface area contributed by atoms with E-state index in [0.29, 0.717) is 10.7 Å². The molecule has 1 saturated carbocycles. The van der Waals surface area contributed by atoms with Gasteiger partial charge in [0.1, 0.15) is 5.60 Å². The molecule has 33 heavy (non-hydrogen) atoms. The Morgan fingerprint density at radius 3 is 2.21 bits per heavy atom. The Balaban J connectivity index is 1.94. The highest BCUT2D eigenvalue weighted by molar-refractivity contribution is 7.55. The number of benzene rings is 1. The smallest absolute Gasteiger partial charge is 0.345 e. The van der Waals surface area contributed by atoms with Crippen LogP contribution in [0, 0.1) is 0 Å². The summed E-state index contributed by atoms with van der Waals surface area (Å²) in [5.41, 5.74) is 0.724. The van der Waals surface area contributed by atoms with Crippen molar-refractivity contribution < 1.29 is 23.1 Å². The van der Waals surface area contributed by atoms with Crippen LogP contribution in [0.3, 0.4) is 0 Å². The van der Waals surface area contributed by atoms with Gasteiger partial charge in [0.2, 0.25) is 0 Å². The molecule has 0 saturated heterocycles. The van der Waals surface area contributed by atoms with Crippen LogP contribution in [0.5, 0.6) is 0 Å². The number of carbonyl (C=O) groups is 1. The molecule has 0 radical (unpaired) electrons. The first-order valence-corrected chi connectivity index (χ1v) is 13.4. The summed E-state index contributed by atoms with van der Waals surface area (Å²) >= 11 is 6.07. The monoisotopic (exact) mass is 493 g/mol. The summed E-state index contributed by atoms with van der Waals surface area (Å²) in [5, 5.41) is 0.694. The molecule has 1 aromatic carbocycles. The van der Waals surface area contributed by atoms with Crippen LogP contribution >= 0.6 is 19.2 Å². The molecule has 0 spiro atoms. The fourth-order valence-electron chi connectivity index (χ4n) is 3.92. The standard InChI is InChI=1S/C25H33ClNO5P/c1-6-30-33(29,31-7-2)21(23(28)32-24(3,4)5)17-20-9-8-10-22(27-20)25(15-16-25)18-11-13-19(26)14-12-18/h8-14,21H,6-7,15-17H2,1-5H3. The largest absolute Gasteiger partial charge is 0.459 e. The Bertz CT molecular complexity index is 1000. The Morgan fingerprint density at radius 1 is 1.09 bits per heavy atom. The number of halogens is 1. The number of rotatable bonds is 10. The van der Waals surface area contributed by atoms with Gasteiger partial charge in [0.05, 0.1) is 18.9 Å². The van der Waals surface area contributed by atoms with E-state index in [4.69, 9.17) is 30.4 Å². The summed E-state index contributed by atoms with van der Waals surface area (Å²) in [6.45, 7) is 9.08. The molecule has 1 fully saturated rings. The maximum atomic E-state index is 13.6. The van der Waals surface area contributed by atoms with Gasteiger partial charge >= 0.3 is 13.6 Å². The Kier molecular flexibility index (Phi) is 8.06. The third-order valence-electron chi connectivity index (χ3n) is 5.53. The molecule has 1 aliphatic carbocycles. The molecule has 1 aromatic heterocycles. The molecule has 2 aromatic rings. The van der Waals surface area contributed by atoms with Gasteiger partial charge in [0.15, 0.2) is 5.66 Å². The highest BCUT2D eigenvalue weighted by Crippen LogP contribution is 2.55. The minimum absolute atomic E-state index is 0.0940. The van der Waals surface area contributed by atoms with Crippen molar-refractivity contribution in [3.63, 3.8) is 0 Å². The normalized spacial score (nSPS) is 16.3. The van der Waals surface area contributed by atoms with Crippen LogP contribution in [-0.2, 0) is 35.0 Å². The number of carbonyl (C=O) groups excluding carboxylic acids is 1. The van der Waals surface area contributed by atoms with E-state index in [1.807, 2.05) is 42.5 Å². The van der Waals surface area contributed by atoms with E-state index >= 15 is 0 Å². The Hall–Kier alpha value is -1.72. The minimum atomic E-state index is -3.77. The average molecular weight is 494 g/mol. The van der Waals surface area contributed by atoms with Gasteiger partial charge in [-0.1, -0.05) is 29.8 Å². The highest BCUT2D eigenvalue weighted by atomic mass is 35.5. The summed E-state index contributed by atoms with van der Waals surface area (Å²) in [4.78, 5) is 18.0. The topological polar surface area (TPSA) is 74.7 Å². The Labute approximate surface area is 201 Å². The zero-order valence-electron chi connectivity index (χ0n) is 20.0. The fourth-order valence-corrected chi connectivity index (χ4v) is 5.92. The van der Waals surface area contributed by atoms with Crippen molar-refractivity contribution in [1.82, 2.24) is 4.98 Å². The summed E-state index contributed by atoms with van der Waals surface area (Å²) < 4.78 is 30.2. The predicted molar refractivity (Wildman–Crippen MR) is 130 cm³/mol. The van der Waals surface area contributed by atoms with Gasteiger partial charge in [-0.2, -0.15) is 0 Å². The van der Waals surface area contributed by atoms with Crippen LogP contribution in [-0.4, -0.2) is 35.4 Å². The minimum Gasteiger partial charge on any atom is -0.459 e. The van der Waals surface area contributed by atoms with Crippen LogP contribution in [0.4, 0.5) is 0 Å². The van der Waals surface area contributed by atoms with Crippen LogP contribution in [0.15, 0.2) is 42.5 Å². The molecule has 3 rings (SSSR count). The molecule has 0 amide bonds. The maximum Gasteiger partial charge on any atom is 0.345 e. The lowest BCUT2D eigenvalue weighted by atomic mass is 9.91. The quantitative estimate of drug-likeness (QED) is 0.284. The number of nitrogens with zero attached hydrogens (tertiary/aromatic N) is 1. The highest BCUT2D eigenvalue weighted by Gasteiger charge is 2.48. The number of ether oxygens (including phenoxy) is 1. The van der Waals surface area contributed by atoms with Crippen LogP contribution in [0.2, 0.25) is 5.02 Å². The van der Waals surface area contributed by atoms with Crippen molar-refractivity contribution in [3.8, 4) is 0 Å². The lowest BCUT2D eigenvalue weighted by Gasteiger charge is -2.28. The van der Waals surface area contributed by atoms with Crippen molar-refractivity contribution in [2.24, 2.45) is 0 Å².